The molecule has 2 heterocycles. The first-order chi connectivity index (χ1) is 10.7. The van der Waals surface area contributed by atoms with Gasteiger partial charge in [0.15, 0.2) is 5.82 Å². The maximum atomic E-state index is 5.44. The number of para-hydroxylation sites is 1. The molecule has 0 saturated carbocycles. The van der Waals surface area contributed by atoms with E-state index in [-0.39, 0.29) is 0 Å². The number of aromatic nitrogens is 2. The molecule has 1 N–H and O–H groups in total. The average molecular weight is 297 g/mol. The second kappa shape index (κ2) is 6.44. The number of piperidine rings is 1. The number of benzene rings is 1. The first-order valence-electron chi connectivity index (χ1n) is 7.90. The molecule has 3 rings (SSSR count). The first kappa shape index (κ1) is 15.0. The number of aryl methyl sites for hydroxylation is 2. The number of hydrogen-bond acceptors (Lipinski definition) is 4. The van der Waals surface area contributed by atoms with Gasteiger partial charge in [0.25, 0.3) is 0 Å². The lowest BCUT2D eigenvalue weighted by atomic mass is 9.88. The molecular weight excluding hydrogens is 274 g/mol. The Bertz CT molecular complexity index is 640. The Kier molecular flexibility index (Phi) is 4.39. The molecule has 1 aromatic carbocycles. The van der Waals surface area contributed by atoms with Gasteiger partial charge < -0.3 is 10.1 Å². The third-order valence-corrected chi connectivity index (χ3v) is 4.42. The van der Waals surface area contributed by atoms with Crippen molar-refractivity contribution in [1.29, 1.82) is 0 Å². The van der Waals surface area contributed by atoms with Gasteiger partial charge in [0.2, 0.25) is 0 Å². The number of rotatable bonds is 3. The van der Waals surface area contributed by atoms with E-state index in [2.05, 4.69) is 19.2 Å². The third-order valence-electron chi connectivity index (χ3n) is 4.42. The predicted molar refractivity (Wildman–Crippen MR) is 88.3 cm³/mol. The molecule has 4 nitrogen and oxygen atoms in total. The van der Waals surface area contributed by atoms with E-state index in [0.717, 1.165) is 41.6 Å². The lowest BCUT2D eigenvalue weighted by molar-refractivity contribution is 0.416. The van der Waals surface area contributed by atoms with Gasteiger partial charge in [-0.3, -0.25) is 0 Å². The summed E-state index contributed by atoms with van der Waals surface area (Å²) < 4.78 is 5.44. The highest BCUT2D eigenvalue weighted by molar-refractivity contribution is 5.64. The van der Waals surface area contributed by atoms with E-state index in [1.165, 1.54) is 18.4 Å². The number of hydrogen-bond donors (Lipinski definition) is 1. The van der Waals surface area contributed by atoms with Gasteiger partial charge in [-0.05, 0) is 63.4 Å². The van der Waals surface area contributed by atoms with Crippen LogP contribution in [0.3, 0.4) is 0 Å². The second-order valence-electron chi connectivity index (χ2n) is 5.86. The molecule has 2 aromatic rings. The molecule has 1 aliphatic rings. The number of methoxy groups -OCH3 is 1. The van der Waals surface area contributed by atoms with E-state index in [1.54, 1.807) is 7.11 Å². The van der Waals surface area contributed by atoms with Crippen LogP contribution in [0.1, 0.15) is 35.7 Å². The Labute approximate surface area is 132 Å². The highest BCUT2D eigenvalue weighted by Crippen LogP contribution is 2.32. The van der Waals surface area contributed by atoms with Crippen molar-refractivity contribution < 1.29 is 4.74 Å². The standard InChI is InChI=1S/C18H23N3O/c1-12-17(14-8-10-19-11-9-14)13(2)21-18(20-12)15-6-4-5-7-16(15)22-3/h4-7,14,19H,8-11H2,1-3H3. The van der Waals surface area contributed by atoms with Crippen LogP contribution in [0.2, 0.25) is 0 Å². The van der Waals surface area contributed by atoms with Gasteiger partial charge in [-0.1, -0.05) is 12.1 Å². The van der Waals surface area contributed by atoms with E-state index in [4.69, 9.17) is 14.7 Å². The van der Waals surface area contributed by atoms with Crippen molar-refractivity contribution in [3.63, 3.8) is 0 Å². The Morgan fingerprint density at radius 1 is 1.05 bits per heavy atom. The monoisotopic (exact) mass is 297 g/mol. The Balaban J connectivity index is 2.02. The van der Waals surface area contributed by atoms with Gasteiger partial charge in [0, 0.05) is 11.4 Å². The minimum Gasteiger partial charge on any atom is -0.496 e. The van der Waals surface area contributed by atoms with Crippen molar-refractivity contribution in [1.82, 2.24) is 15.3 Å². The first-order valence-corrected chi connectivity index (χ1v) is 7.90. The van der Waals surface area contributed by atoms with Gasteiger partial charge in [-0.25, -0.2) is 9.97 Å². The summed E-state index contributed by atoms with van der Waals surface area (Å²) >= 11 is 0. The summed E-state index contributed by atoms with van der Waals surface area (Å²) in [4.78, 5) is 9.55. The molecule has 0 radical (unpaired) electrons. The molecule has 0 unspecified atom stereocenters. The van der Waals surface area contributed by atoms with Gasteiger partial charge in [0.1, 0.15) is 5.75 Å². The second-order valence-corrected chi connectivity index (χ2v) is 5.86. The van der Waals surface area contributed by atoms with Crippen LogP contribution in [0.25, 0.3) is 11.4 Å². The van der Waals surface area contributed by atoms with E-state index in [1.807, 2.05) is 24.3 Å². The zero-order valence-electron chi connectivity index (χ0n) is 13.5. The summed E-state index contributed by atoms with van der Waals surface area (Å²) in [5.74, 6) is 2.15. The summed E-state index contributed by atoms with van der Waals surface area (Å²) in [6.07, 6.45) is 2.33. The highest BCUT2D eigenvalue weighted by Gasteiger charge is 2.21. The van der Waals surface area contributed by atoms with Crippen LogP contribution >= 0.6 is 0 Å². The zero-order chi connectivity index (χ0) is 15.5. The molecular formula is C18H23N3O. The maximum absolute atomic E-state index is 5.44. The van der Waals surface area contributed by atoms with Crippen LogP contribution < -0.4 is 10.1 Å². The van der Waals surface area contributed by atoms with Crippen LogP contribution in [0, 0.1) is 13.8 Å². The molecule has 1 fully saturated rings. The summed E-state index contributed by atoms with van der Waals surface area (Å²) in [5, 5.41) is 3.42. The summed E-state index contributed by atoms with van der Waals surface area (Å²) in [6.45, 7) is 6.37. The quantitative estimate of drug-likeness (QED) is 0.945. The number of ether oxygens (including phenoxy) is 1. The molecule has 4 heteroatoms. The predicted octanol–water partition coefficient (Wildman–Crippen LogP) is 3.24. The van der Waals surface area contributed by atoms with Gasteiger partial charge in [-0.2, -0.15) is 0 Å². The smallest absolute Gasteiger partial charge is 0.163 e. The Hall–Kier alpha value is -1.94. The van der Waals surface area contributed by atoms with E-state index < -0.39 is 0 Å². The molecule has 0 aliphatic carbocycles. The summed E-state index contributed by atoms with van der Waals surface area (Å²) in [5.41, 5.74) is 4.48. The lowest BCUT2D eigenvalue weighted by Gasteiger charge is -2.25. The molecule has 0 amide bonds. The van der Waals surface area contributed by atoms with Gasteiger partial charge in [-0.15, -0.1) is 0 Å². The largest absolute Gasteiger partial charge is 0.496 e. The maximum Gasteiger partial charge on any atom is 0.163 e. The minimum absolute atomic E-state index is 0.577. The van der Waals surface area contributed by atoms with E-state index in [0.29, 0.717) is 5.92 Å². The molecule has 116 valence electrons. The lowest BCUT2D eigenvalue weighted by Crippen LogP contribution is -2.27. The number of nitrogens with zero attached hydrogens (tertiary/aromatic N) is 2. The van der Waals surface area contributed by atoms with Crippen LogP contribution in [0.15, 0.2) is 24.3 Å². The van der Waals surface area contributed by atoms with Crippen molar-refractivity contribution in [3.05, 3.63) is 41.2 Å². The molecule has 0 atom stereocenters. The van der Waals surface area contributed by atoms with Crippen molar-refractivity contribution in [2.24, 2.45) is 0 Å². The van der Waals surface area contributed by atoms with Crippen LogP contribution in [-0.4, -0.2) is 30.2 Å². The molecule has 1 aliphatic heterocycles. The molecule has 22 heavy (non-hydrogen) atoms. The van der Waals surface area contributed by atoms with Crippen molar-refractivity contribution in [2.45, 2.75) is 32.6 Å². The van der Waals surface area contributed by atoms with Gasteiger partial charge in [0.05, 0.1) is 12.7 Å². The molecule has 1 saturated heterocycles. The SMILES string of the molecule is COc1ccccc1-c1nc(C)c(C2CCNCC2)c(C)n1. The number of nitrogens with one attached hydrogen (secondary N) is 1. The van der Waals surface area contributed by atoms with Crippen molar-refractivity contribution in [2.75, 3.05) is 20.2 Å². The highest BCUT2D eigenvalue weighted by atomic mass is 16.5. The summed E-state index contributed by atoms with van der Waals surface area (Å²) in [7, 11) is 1.68. The molecule has 0 bridgehead atoms. The zero-order valence-corrected chi connectivity index (χ0v) is 13.5. The van der Waals surface area contributed by atoms with Gasteiger partial charge >= 0.3 is 0 Å². The van der Waals surface area contributed by atoms with E-state index in [9.17, 15) is 0 Å². The fourth-order valence-electron chi connectivity index (χ4n) is 3.38. The van der Waals surface area contributed by atoms with Crippen LogP contribution in [-0.2, 0) is 0 Å². The fourth-order valence-corrected chi connectivity index (χ4v) is 3.38. The Morgan fingerprint density at radius 3 is 2.32 bits per heavy atom. The normalized spacial score (nSPS) is 15.8. The van der Waals surface area contributed by atoms with E-state index >= 15 is 0 Å². The van der Waals surface area contributed by atoms with Crippen molar-refractivity contribution in [3.8, 4) is 17.1 Å². The third kappa shape index (κ3) is 2.83. The minimum atomic E-state index is 0.577. The van der Waals surface area contributed by atoms with Crippen LogP contribution in [0.4, 0.5) is 0 Å². The van der Waals surface area contributed by atoms with Crippen LogP contribution in [0.5, 0.6) is 5.75 Å². The Morgan fingerprint density at radius 2 is 1.68 bits per heavy atom. The summed E-state index contributed by atoms with van der Waals surface area (Å²) in [6, 6.07) is 7.92. The average Bonchev–Trinajstić information content (AvgIpc) is 2.55. The van der Waals surface area contributed by atoms with Crippen molar-refractivity contribution >= 4 is 0 Å². The molecule has 0 spiro atoms. The topological polar surface area (TPSA) is 47.0 Å². The molecule has 1 aromatic heterocycles. The fraction of sp³-hybridized carbons (Fsp3) is 0.444.